The highest BCUT2D eigenvalue weighted by molar-refractivity contribution is 6.31. The van der Waals surface area contributed by atoms with Crippen molar-refractivity contribution in [2.75, 3.05) is 11.5 Å². The SMILES string of the molecule is CCn1c(COC(=O)c2nc(Cl)c(N)nc2N)[n+](CC(=O)OCc2ccccc2)c2ccccc21. The van der Waals surface area contributed by atoms with E-state index in [1.165, 1.54) is 0 Å². The number of hydrogen-bond acceptors (Lipinski definition) is 8. The first-order valence-electron chi connectivity index (χ1n) is 10.8. The molecule has 0 aliphatic rings. The molecule has 0 amide bonds. The lowest BCUT2D eigenvalue weighted by Gasteiger charge is -2.08. The van der Waals surface area contributed by atoms with Gasteiger partial charge in [-0.2, -0.15) is 0 Å². The van der Waals surface area contributed by atoms with Gasteiger partial charge < -0.3 is 20.9 Å². The van der Waals surface area contributed by atoms with Gasteiger partial charge in [0, 0.05) is 0 Å². The number of fused-ring (bicyclic) bond motifs is 1. The highest BCUT2D eigenvalue weighted by Gasteiger charge is 2.28. The summed E-state index contributed by atoms with van der Waals surface area (Å²) in [6, 6.07) is 17.0. The van der Waals surface area contributed by atoms with Gasteiger partial charge in [-0.05, 0) is 24.6 Å². The number of halogens is 1. The Morgan fingerprint density at radius 3 is 2.43 bits per heavy atom. The Kier molecular flexibility index (Phi) is 7.11. The van der Waals surface area contributed by atoms with Crippen LogP contribution in [0.15, 0.2) is 54.6 Å². The zero-order valence-corrected chi connectivity index (χ0v) is 19.7. The van der Waals surface area contributed by atoms with E-state index in [-0.39, 0.29) is 42.2 Å². The third-order valence-electron chi connectivity index (χ3n) is 5.36. The number of esters is 2. The van der Waals surface area contributed by atoms with Gasteiger partial charge in [0.1, 0.15) is 6.61 Å². The number of nitrogens with zero attached hydrogens (tertiary/aromatic N) is 4. The van der Waals surface area contributed by atoms with Crippen molar-refractivity contribution in [2.45, 2.75) is 33.2 Å². The van der Waals surface area contributed by atoms with Crippen LogP contribution < -0.4 is 16.0 Å². The number of aryl methyl sites for hydroxylation is 1. The molecule has 0 spiro atoms. The topological polar surface area (TPSA) is 139 Å². The van der Waals surface area contributed by atoms with E-state index in [2.05, 4.69) is 9.97 Å². The van der Waals surface area contributed by atoms with Crippen molar-refractivity contribution < 1.29 is 23.6 Å². The second-order valence-corrected chi connectivity index (χ2v) is 7.95. The Balaban J connectivity index is 1.59. The molecular formula is C24H24ClN6O4+. The van der Waals surface area contributed by atoms with Crippen molar-refractivity contribution in [3.05, 3.63) is 76.8 Å². The highest BCUT2D eigenvalue weighted by Crippen LogP contribution is 2.20. The van der Waals surface area contributed by atoms with Gasteiger partial charge >= 0.3 is 11.9 Å². The van der Waals surface area contributed by atoms with Gasteiger partial charge in [0.2, 0.25) is 0 Å². The molecule has 0 bridgehead atoms. The fourth-order valence-corrected chi connectivity index (χ4v) is 3.86. The number of carbonyl (C=O) groups is 2. The monoisotopic (exact) mass is 495 g/mol. The van der Waals surface area contributed by atoms with E-state index in [9.17, 15) is 9.59 Å². The second kappa shape index (κ2) is 10.4. The third-order valence-corrected chi connectivity index (χ3v) is 5.64. The van der Waals surface area contributed by atoms with E-state index in [0.29, 0.717) is 12.4 Å². The maximum atomic E-state index is 12.7. The van der Waals surface area contributed by atoms with Crippen LogP contribution in [0.1, 0.15) is 28.8 Å². The minimum atomic E-state index is -0.817. The van der Waals surface area contributed by atoms with E-state index in [0.717, 1.165) is 16.6 Å². The lowest BCUT2D eigenvalue weighted by molar-refractivity contribution is -0.670. The predicted molar refractivity (Wildman–Crippen MR) is 129 cm³/mol. The minimum Gasteiger partial charge on any atom is -0.458 e. The quantitative estimate of drug-likeness (QED) is 0.281. The zero-order valence-electron chi connectivity index (χ0n) is 19.0. The van der Waals surface area contributed by atoms with Gasteiger partial charge in [-0.3, -0.25) is 0 Å². The van der Waals surface area contributed by atoms with Crippen LogP contribution in [-0.4, -0.2) is 26.5 Å². The van der Waals surface area contributed by atoms with Crippen molar-refractivity contribution >= 4 is 46.2 Å². The molecule has 0 radical (unpaired) electrons. The molecule has 4 N–H and O–H groups in total. The van der Waals surface area contributed by atoms with Crippen LogP contribution in [0.3, 0.4) is 0 Å². The number of anilines is 2. The molecule has 0 fully saturated rings. The van der Waals surface area contributed by atoms with Gasteiger partial charge in [-0.25, -0.2) is 28.7 Å². The lowest BCUT2D eigenvalue weighted by Crippen LogP contribution is -2.42. The molecule has 0 aliphatic heterocycles. The molecule has 2 heterocycles. The predicted octanol–water partition coefficient (Wildman–Crippen LogP) is 2.66. The maximum absolute atomic E-state index is 12.7. The summed E-state index contributed by atoms with van der Waals surface area (Å²) in [6.45, 7) is 2.47. The van der Waals surface area contributed by atoms with Gasteiger partial charge in [0.25, 0.3) is 5.82 Å². The second-order valence-electron chi connectivity index (χ2n) is 7.59. The highest BCUT2D eigenvalue weighted by atomic mass is 35.5. The van der Waals surface area contributed by atoms with Crippen molar-refractivity contribution in [1.29, 1.82) is 0 Å². The fraction of sp³-hybridized carbons (Fsp3) is 0.208. The normalized spacial score (nSPS) is 10.9. The van der Waals surface area contributed by atoms with Gasteiger partial charge in [0.05, 0.1) is 6.54 Å². The first kappa shape index (κ1) is 24.0. The number of imidazole rings is 1. The summed E-state index contributed by atoms with van der Waals surface area (Å²) in [5.41, 5.74) is 13.7. The Labute approximate surface area is 206 Å². The average Bonchev–Trinajstić information content (AvgIpc) is 3.16. The first-order chi connectivity index (χ1) is 16.9. The molecule has 180 valence electrons. The van der Waals surface area contributed by atoms with Crippen LogP contribution in [0.25, 0.3) is 11.0 Å². The number of carbonyl (C=O) groups excluding carboxylic acids is 2. The Morgan fingerprint density at radius 1 is 0.971 bits per heavy atom. The van der Waals surface area contributed by atoms with E-state index < -0.39 is 11.9 Å². The molecule has 11 heteroatoms. The molecule has 4 aromatic rings. The first-order valence-corrected chi connectivity index (χ1v) is 11.2. The fourth-order valence-electron chi connectivity index (χ4n) is 3.73. The number of nitrogens with two attached hydrogens (primary N) is 2. The molecule has 4 rings (SSSR count). The van der Waals surface area contributed by atoms with E-state index in [1.54, 1.807) is 4.57 Å². The van der Waals surface area contributed by atoms with Crippen LogP contribution in [0.5, 0.6) is 0 Å². The summed E-state index contributed by atoms with van der Waals surface area (Å²) < 4.78 is 14.7. The summed E-state index contributed by atoms with van der Waals surface area (Å²) in [6.07, 6.45) is 0. The molecule has 2 aromatic heterocycles. The Hall–Kier alpha value is -4.18. The molecule has 35 heavy (non-hydrogen) atoms. The number of aromatic nitrogens is 4. The molecule has 0 atom stereocenters. The van der Waals surface area contributed by atoms with E-state index >= 15 is 0 Å². The summed E-state index contributed by atoms with van der Waals surface area (Å²) >= 11 is 5.88. The zero-order chi connectivity index (χ0) is 24.9. The smallest absolute Gasteiger partial charge is 0.361 e. The number of rotatable bonds is 8. The van der Waals surface area contributed by atoms with Gasteiger partial charge in [0.15, 0.2) is 46.7 Å². The van der Waals surface area contributed by atoms with Crippen LogP contribution in [0.4, 0.5) is 11.6 Å². The Morgan fingerprint density at radius 2 is 1.69 bits per heavy atom. The van der Waals surface area contributed by atoms with Crippen LogP contribution in [0, 0.1) is 0 Å². The minimum absolute atomic E-state index is 0.0666. The van der Waals surface area contributed by atoms with Crippen molar-refractivity contribution in [3.8, 4) is 0 Å². The molecule has 10 nitrogen and oxygen atoms in total. The molecule has 0 saturated heterocycles. The standard InChI is InChI=1S/C24H23ClN6O4/c1-2-30-16-10-6-7-11-17(16)31(12-19(32)34-13-15-8-4-3-5-9-15)18(30)14-35-24(33)20-22(26)29-23(27)21(25)28-20/h3-11H,2,12-14H2,1H3,(H3-,26,27,29,33)/p+1. The van der Waals surface area contributed by atoms with Gasteiger partial charge in [-0.1, -0.05) is 54.1 Å². The number of hydrogen-bond donors (Lipinski definition) is 2. The van der Waals surface area contributed by atoms with E-state index in [1.807, 2.05) is 66.1 Å². The van der Waals surface area contributed by atoms with Crippen molar-refractivity contribution in [1.82, 2.24) is 14.5 Å². The van der Waals surface area contributed by atoms with Crippen molar-refractivity contribution in [2.24, 2.45) is 0 Å². The number of para-hydroxylation sites is 2. The summed E-state index contributed by atoms with van der Waals surface area (Å²) in [5, 5.41) is -0.148. The summed E-state index contributed by atoms with van der Waals surface area (Å²) in [5.74, 6) is -0.926. The maximum Gasteiger partial charge on any atom is 0.361 e. The van der Waals surface area contributed by atoms with Crippen molar-refractivity contribution in [3.63, 3.8) is 0 Å². The summed E-state index contributed by atoms with van der Waals surface area (Å²) in [7, 11) is 0. The average molecular weight is 496 g/mol. The summed E-state index contributed by atoms with van der Waals surface area (Å²) in [4.78, 5) is 33.1. The molecule has 2 aromatic carbocycles. The van der Waals surface area contributed by atoms with E-state index in [4.69, 9.17) is 32.5 Å². The molecule has 0 aliphatic carbocycles. The number of nitrogen functional groups attached to an aromatic ring is 2. The largest absolute Gasteiger partial charge is 0.458 e. The molecule has 0 unspecified atom stereocenters. The van der Waals surface area contributed by atoms with Crippen LogP contribution >= 0.6 is 11.6 Å². The molecular weight excluding hydrogens is 472 g/mol. The van der Waals surface area contributed by atoms with Crippen LogP contribution in [0.2, 0.25) is 5.15 Å². The Bertz CT molecular complexity index is 1390. The van der Waals surface area contributed by atoms with Gasteiger partial charge in [-0.15, -0.1) is 0 Å². The lowest BCUT2D eigenvalue weighted by atomic mass is 10.2. The number of benzene rings is 2. The third kappa shape index (κ3) is 5.17. The molecule has 0 saturated carbocycles. The van der Waals surface area contributed by atoms with Crippen LogP contribution in [-0.2, 0) is 40.6 Å². The number of ether oxygens (including phenoxy) is 2.